The zero-order chi connectivity index (χ0) is 15.0. The van der Waals surface area contributed by atoms with Gasteiger partial charge in [-0.05, 0) is 48.6 Å². The van der Waals surface area contributed by atoms with Crippen LogP contribution >= 0.6 is 0 Å². The third kappa shape index (κ3) is 2.22. The molecule has 106 valence electrons. The maximum atomic E-state index is 9.03. The Kier molecular flexibility index (Phi) is 2.88. The molecule has 3 heteroatoms. The number of benzene rings is 1. The van der Waals surface area contributed by atoms with E-state index in [2.05, 4.69) is 33.9 Å². The van der Waals surface area contributed by atoms with Gasteiger partial charge in [0.15, 0.2) is 0 Å². The van der Waals surface area contributed by atoms with Gasteiger partial charge in [-0.2, -0.15) is 5.26 Å². The SMILES string of the molecule is N#Cc1cccc(N2CC3CC3(C#Cc3ccccn3)C2)c1. The van der Waals surface area contributed by atoms with E-state index in [4.69, 9.17) is 5.26 Å². The van der Waals surface area contributed by atoms with Crippen LogP contribution in [-0.2, 0) is 0 Å². The molecule has 1 aliphatic heterocycles. The first-order valence-electron chi connectivity index (χ1n) is 7.48. The van der Waals surface area contributed by atoms with Gasteiger partial charge in [0.1, 0.15) is 5.69 Å². The van der Waals surface area contributed by atoms with Crippen LogP contribution in [0.4, 0.5) is 5.69 Å². The first-order chi connectivity index (χ1) is 10.8. The lowest BCUT2D eigenvalue weighted by atomic mass is 10.1. The van der Waals surface area contributed by atoms with E-state index in [-0.39, 0.29) is 5.41 Å². The lowest BCUT2D eigenvalue weighted by Crippen LogP contribution is -2.24. The Labute approximate surface area is 130 Å². The molecule has 1 saturated heterocycles. The second kappa shape index (κ2) is 4.90. The molecule has 3 nitrogen and oxygen atoms in total. The van der Waals surface area contributed by atoms with Crippen molar-refractivity contribution in [2.45, 2.75) is 6.42 Å². The highest BCUT2D eigenvalue weighted by molar-refractivity contribution is 5.55. The highest BCUT2D eigenvalue weighted by Gasteiger charge is 2.59. The van der Waals surface area contributed by atoms with E-state index in [0.29, 0.717) is 11.5 Å². The number of hydrogen-bond donors (Lipinski definition) is 0. The smallest absolute Gasteiger partial charge is 0.113 e. The number of nitrogens with zero attached hydrogens (tertiary/aromatic N) is 3. The molecular weight excluding hydrogens is 270 g/mol. The maximum absolute atomic E-state index is 9.03. The van der Waals surface area contributed by atoms with Gasteiger partial charge in [0.25, 0.3) is 0 Å². The minimum absolute atomic E-state index is 0.125. The van der Waals surface area contributed by atoms with Gasteiger partial charge in [-0.15, -0.1) is 0 Å². The van der Waals surface area contributed by atoms with Gasteiger partial charge in [-0.3, -0.25) is 0 Å². The van der Waals surface area contributed by atoms with Crippen molar-refractivity contribution in [1.29, 1.82) is 5.26 Å². The Bertz CT molecular complexity index is 810. The lowest BCUT2D eigenvalue weighted by molar-refractivity contribution is 0.706. The van der Waals surface area contributed by atoms with Gasteiger partial charge in [0.2, 0.25) is 0 Å². The fraction of sp³-hybridized carbons (Fsp3) is 0.263. The summed E-state index contributed by atoms with van der Waals surface area (Å²) in [5.41, 5.74) is 2.81. The van der Waals surface area contributed by atoms with E-state index in [1.165, 1.54) is 6.42 Å². The average Bonchev–Trinajstić information content (AvgIpc) is 3.14. The van der Waals surface area contributed by atoms with Crippen LogP contribution < -0.4 is 4.90 Å². The van der Waals surface area contributed by atoms with E-state index in [0.717, 1.165) is 24.5 Å². The van der Waals surface area contributed by atoms with Crippen LogP contribution in [0.5, 0.6) is 0 Å². The van der Waals surface area contributed by atoms with Crippen LogP contribution in [0.3, 0.4) is 0 Å². The van der Waals surface area contributed by atoms with Crippen LogP contribution in [0.25, 0.3) is 0 Å². The molecule has 2 aliphatic rings. The lowest BCUT2D eigenvalue weighted by Gasteiger charge is -2.21. The van der Waals surface area contributed by atoms with Gasteiger partial charge in [0.05, 0.1) is 17.0 Å². The van der Waals surface area contributed by atoms with Gasteiger partial charge in [-0.1, -0.05) is 18.1 Å². The molecule has 4 rings (SSSR count). The van der Waals surface area contributed by atoms with Crippen LogP contribution in [0.15, 0.2) is 48.7 Å². The summed E-state index contributed by atoms with van der Waals surface area (Å²) in [4.78, 5) is 6.62. The van der Waals surface area contributed by atoms with Crippen molar-refractivity contribution in [3.8, 4) is 17.9 Å². The Morgan fingerprint density at radius 2 is 2.18 bits per heavy atom. The van der Waals surface area contributed by atoms with E-state index < -0.39 is 0 Å². The second-order valence-corrected chi connectivity index (χ2v) is 6.06. The van der Waals surface area contributed by atoms with Crippen molar-refractivity contribution in [2.75, 3.05) is 18.0 Å². The molecule has 1 aromatic heterocycles. The zero-order valence-corrected chi connectivity index (χ0v) is 12.2. The second-order valence-electron chi connectivity index (χ2n) is 6.06. The van der Waals surface area contributed by atoms with Crippen LogP contribution in [0.2, 0.25) is 0 Å². The minimum atomic E-state index is 0.125. The van der Waals surface area contributed by atoms with Gasteiger partial charge in [0, 0.05) is 25.0 Å². The predicted octanol–water partition coefficient (Wildman–Crippen LogP) is 2.83. The van der Waals surface area contributed by atoms with Gasteiger partial charge < -0.3 is 4.90 Å². The zero-order valence-electron chi connectivity index (χ0n) is 12.2. The molecule has 2 heterocycles. The summed E-state index contributed by atoms with van der Waals surface area (Å²) < 4.78 is 0. The largest absolute Gasteiger partial charge is 0.370 e. The molecule has 0 amide bonds. The first-order valence-corrected chi connectivity index (χ1v) is 7.48. The molecule has 1 saturated carbocycles. The molecule has 0 radical (unpaired) electrons. The summed E-state index contributed by atoms with van der Waals surface area (Å²) in [6.45, 7) is 1.98. The highest BCUT2D eigenvalue weighted by atomic mass is 15.2. The summed E-state index contributed by atoms with van der Waals surface area (Å²) in [7, 11) is 0. The average molecular weight is 285 g/mol. The Morgan fingerprint density at radius 1 is 1.23 bits per heavy atom. The fourth-order valence-corrected chi connectivity index (χ4v) is 3.27. The Morgan fingerprint density at radius 3 is 3.00 bits per heavy atom. The van der Waals surface area contributed by atoms with Crippen molar-refractivity contribution in [3.63, 3.8) is 0 Å². The monoisotopic (exact) mass is 285 g/mol. The molecule has 0 spiro atoms. The topological polar surface area (TPSA) is 39.9 Å². The summed E-state index contributed by atoms with van der Waals surface area (Å²) in [6.07, 6.45) is 2.96. The first kappa shape index (κ1) is 12.9. The summed E-state index contributed by atoms with van der Waals surface area (Å²) in [6, 6.07) is 15.9. The van der Waals surface area contributed by atoms with Crippen molar-refractivity contribution < 1.29 is 0 Å². The number of nitriles is 1. The van der Waals surface area contributed by atoms with Gasteiger partial charge in [-0.25, -0.2) is 4.98 Å². The predicted molar refractivity (Wildman–Crippen MR) is 85.0 cm³/mol. The van der Waals surface area contributed by atoms with E-state index in [1.54, 1.807) is 6.20 Å². The number of hydrogen-bond acceptors (Lipinski definition) is 3. The summed E-state index contributed by atoms with van der Waals surface area (Å²) >= 11 is 0. The third-order valence-corrected chi connectivity index (χ3v) is 4.59. The van der Waals surface area contributed by atoms with Crippen LogP contribution in [-0.4, -0.2) is 18.1 Å². The molecule has 2 fully saturated rings. The third-order valence-electron chi connectivity index (χ3n) is 4.59. The molecule has 0 bridgehead atoms. The molecular formula is C19H15N3. The molecule has 2 atom stereocenters. The number of pyridine rings is 1. The van der Waals surface area contributed by atoms with Crippen molar-refractivity contribution >= 4 is 5.69 Å². The normalized spacial score (nSPS) is 24.9. The molecule has 1 aliphatic carbocycles. The van der Waals surface area contributed by atoms with Gasteiger partial charge >= 0.3 is 0 Å². The van der Waals surface area contributed by atoms with Crippen molar-refractivity contribution in [1.82, 2.24) is 4.98 Å². The maximum Gasteiger partial charge on any atom is 0.113 e. The minimum Gasteiger partial charge on any atom is -0.370 e. The van der Waals surface area contributed by atoms with E-state index in [9.17, 15) is 0 Å². The Balaban J connectivity index is 1.54. The van der Waals surface area contributed by atoms with E-state index >= 15 is 0 Å². The highest BCUT2D eigenvalue weighted by Crippen LogP contribution is 2.58. The number of rotatable bonds is 1. The number of fused-ring (bicyclic) bond motifs is 1. The molecule has 1 aromatic carbocycles. The van der Waals surface area contributed by atoms with Crippen molar-refractivity contribution in [3.05, 3.63) is 59.9 Å². The standard InChI is InChI=1S/C19H15N3/c20-12-15-4-3-6-18(10-15)22-13-16-11-19(16,14-22)8-7-17-5-1-2-9-21-17/h1-6,9-10,16H,11,13-14H2. The fourth-order valence-electron chi connectivity index (χ4n) is 3.27. The quantitative estimate of drug-likeness (QED) is 0.756. The molecule has 0 N–H and O–H groups in total. The number of aromatic nitrogens is 1. The summed E-state index contributed by atoms with van der Waals surface area (Å²) in [5, 5.41) is 9.03. The van der Waals surface area contributed by atoms with Crippen LogP contribution in [0, 0.1) is 34.5 Å². The molecule has 2 aromatic rings. The van der Waals surface area contributed by atoms with E-state index in [1.807, 2.05) is 36.4 Å². The molecule has 2 unspecified atom stereocenters. The molecule has 22 heavy (non-hydrogen) atoms. The van der Waals surface area contributed by atoms with Crippen LogP contribution in [0.1, 0.15) is 17.7 Å². The Hall–Kier alpha value is -2.78. The van der Waals surface area contributed by atoms with Crippen molar-refractivity contribution in [2.24, 2.45) is 11.3 Å². The number of piperidine rings is 1. The number of anilines is 1. The summed E-state index contributed by atoms with van der Waals surface area (Å²) in [5.74, 6) is 7.33.